The first-order valence-corrected chi connectivity index (χ1v) is 10.3. The van der Waals surface area contributed by atoms with E-state index < -0.39 is 49.3 Å². The summed E-state index contributed by atoms with van der Waals surface area (Å²) in [6, 6.07) is 5.65. The predicted octanol–water partition coefficient (Wildman–Crippen LogP) is 0.744. The van der Waals surface area contributed by atoms with E-state index in [9.17, 15) is 29.6 Å². The van der Waals surface area contributed by atoms with Crippen LogP contribution in [0.25, 0.3) is 0 Å². The summed E-state index contributed by atoms with van der Waals surface area (Å²) in [6.07, 6.45) is -4.08. The fourth-order valence-electron chi connectivity index (χ4n) is 3.30. The first kappa shape index (κ1) is 24.6. The summed E-state index contributed by atoms with van der Waals surface area (Å²) in [5, 5.41) is 38.8. The molecule has 170 valence electrons. The van der Waals surface area contributed by atoms with Crippen molar-refractivity contribution in [2.45, 2.75) is 75.4 Å². The van der Waals surface area contributed by atoms with Crippen molar-refractivity contribution in [2.24, 2.45) is 5.73 Å². The molecule has 1 aliphatic heterocycles. The van der Waals surface area contributed by atoms with E-state index in [-0.39, 0.29) is 17.7 Å². The van der Waals surface area contributed by atoms with Crippen LogP contribution in [0.15, 0.2) is 24.3 Å². The van der Waals surface area contributed by atoms with Crippen molar-refractivity contribution in [3.63, 3.8) is 0 Å². The second kappa shape index (κ2) is 12.3. The molecule has 8 nitrogen and oxygen atoms in total. The molecular formula is C21H32FNO7. The Morgan fingerprint density at radius 1 is 1.03 bits per heavy atom. The molecule has 1 aromatic carbocycles. The molecule has 1 aliphatic rings. The van der Waals surface area contributed by atoms with Crippen molar-refractivity contribution < 1.29 is 39.1 Å². The maximum atomic E-state index is 14.4. The van der Waals surface area contributed by atoms with Crippen LogP contribution in [0.1, 0.15) is 50.3 Å². The number of aliphatic hydroxyl groups is 4. The third-order valence-electron chi connectivity index (χ3n) is 5.18. The maximum absolute atomic E-state index is 14.4. The van der Waals surface area contributed by atoms with Gasteiger partial charge >= 0.3 is 0 Å². The Morgan fingerprint density at radius 2 is 1.67 bits per heavy atom. The second-order valence-corrected chi connectivity index (χ2v) is 7.52. The zero-order valence-corrected chi connectivity index (χ0v) is 16.9. The van der Waals surface area contributed by atoms with Crippen molar-refractivity contribution in [1.82, 2.24) is 0 Å². The molecule has 0 spiro atoms. The highest BCUT2D eigenvalue weighted by Crippen LogP contribution is 2.27. The Kier molecular flexibility index (Phi) is 10.1. The van der Waals surface area contributed by atoms with Crippen molar-refractivity contribution in [3.8, 4) is 5.75 Å². The van der Waals surface area contributed by atoms with Crippen molar-refractivity contribution in [1.29, 1.82) is 0 Å². The standard InChI is InChI=1S/C21H32FNO7/c22-17(15(25)6-4-2-1-3-5-11-23)13-7-9-14(10-8-13)29-21-20(28)19(27)18(26)16(12-24)30-21/h7-10,16-21,24,26-28H,1-6,11-12,23H2. The Bertz CT molecular complexity index is 643. The quantitative estimate of drug-likeness (QED) is 0.306. The number of benzene rings is 1. The minimum absolute atomic E-state index is 0.174. The van der Waals surface area contributed by atoms with Crippen molar-refractivity contribution >= 4 is 5.78 Å². The molecule has 0 amide bonds. The van der Waals surface area contributed by atoms with Crippen molar-refractivity contribution in [3.05, 3.63) is 29.8 Å². The number of ketones is 1. The summed E-state index contributed by atoms with van der Waals surface area (Å²) < 4.78 is 25.2. The number of hydrogen-bond donors (Lipinski definition) is 5. The highest BCUT2D eigenvalue weighted by molar-refractivity contribution is 5.84. The lowest BCUT2D eigenvalue weighted by Crippen LogP contribution is -2.60. The van der Waals surface area contributed by atoms with Gasteiger partial charge < -0.3 is 35.6 Å². The third-order valence-corrected chi connectivity index (χ3v) is 5.18. The molecule has 1 saturated heterocycles. The van der Waals surface area contributed by atoms with E-state index in [0.29, 0.717) is 13.0 Å². The van der Waals surface area contributed by atoms with Crippen LogP contribution in [0.4, 0.5) is 4.39 Å². The zero-order chi connectivity index (χ0) is 22.1. The minimum Gasteiger partial charge on any atom is -0.462 e. The van der Waals surface area contributed by atoms with Crippen LogP contribution in [0.3, 0.4) is 0 Å². The van der Waals surface area contributed by atoms with Crippen LogP contribution in [-0.4, -0.2) is 70.1 Å². The molecule has 1 fully saturated rings. The lowest BCUT2D eigenvalue weighted by molar-refractivity contribution is -0.277. The number of aliphatic hydroxyl groups excluding tert-OH is 4. The number of nitrogens with two attached hydrogens (primary N) is 1. The molecule has 0 aromatic heterocycles. The van der Waals surface area contributed by atoms with E-state index in [4.69, 9.17) is 15.2 Å². The SMILES string of the molecule is NCCCCCCCC(=O)C(F)c1ccc(OC2OC(CO)C(O)C(O)C2O)cc1. The highest BCUT2D eigenvalue weighted by atomic mass is 19.1. The Hall–Kier alpha value is -1.62. The number of rotatable bonds is 12. The number of unbranched alkanes of at least 4 members (excludes halogenated alkanes) is 4. The van der Waals surface area contributed by atoms with Crippen LogP contribution >= 0.6 is 0 Å². The topological polar surface area (TPSA) is 142 Å². The van der Waals surface area contributed by atoms with Gasteiger partial charge in [-0.05, 0) is 37.1 Å². The molecule has 6 N–H and O–H groups in total. The first-order chi connectivity index (χ1) is 14.4. The van der Waals surface area contributed by atoms with Gasteiger partial charge in [-0.25, -0.2) is 4.39 Å². The van der Waals surface area contributed by atoms with Crippen LogP contribution in [0.5, 0.6) is 5.75 Å². The number of Topliss-reactive ketones (excluding diaryl/α,β-unsaturated/α-hetero) is 1. The predicted molar refractivity (Wildman–Crippen MR) is 106 cm³/mol. The van der Waals surface area contributed by atoms with E-state index in [1.165, 1.54) is 24.3 Å². The maximum Gasteiger partial charge on any atom is 0.229 e. The zero-order valence-electron chi connectivity index (χ0n) is 16.9. The van der Waals surface area contributed by atoms with Crippen LogP contribution < -0.4 is 10.5 Å². The molecule has 0 saturated carbocycles. The number of hydrogen-bond acceptors (Lipinski definition) is 8. The fourth-order valence-corrected chi connectivity index (χ4v) is 3.30. The molecule has 1 heterocycles. The highest BCUT2D eigenvalue weighted by Gasteiger charge is 2.44. The Morgan fingerprint density at radius 3 is 2.30 bits per heavy atom. The number of alkyl halides is 1. The molecule has 30 heavy (non-hydrogen) atoms. The van der Waals surface area contributed by atoms with Crippen LogP contribution in [0, 0.1) is 0 Å². The van der Waals surface area contributed by atoms with Crippen LogP contribution in [-0.2, 0) is 9.53 Å². The largest absolute Gasteiger partial charge is 0.462 e. The van der Waals surface area contributed by atoms with E-state index in [1.54, 1.807) is 0 Å². The third kappa shape index (κ3) is 6.69. The average molecular weight is 429 g/mol. The lowest BCUT2D eigenvalue weighted by atomic mass is 9.99. The molecule has 6 unspecified atom stereocenters. The number of carbonyl (C=O) groups excluding carboxylic acids is 1. The fraction of sp³-hybridized carbons (Fsp3) is 0.667. The summed E-state index contributed by atoms with van der Waals surface area (Å²) in [6.45, 7) is 0.0873. The Balaban J connectivity index is 1.86. The van der Waals surface area contributed by atoms with Gasteiger partial charge in [0.15, 0.2) is 12.0 Å². The van der Waals surface area contributed by atoms with Gasteiger partial charge in [-0.15, -0.1) is 0 Å². The lowest BCUT2D eigenvalue weighted by Gasteiger charge is -2.39. The van der Waals surface area contributed by atoms with Gasteiger partial charge in [0.2, 0.25) is 6.29 Å². The summed E-state index contributed by atoms with van der Waals surface area (Å²) in [5.41, 5.74) is 5.62. The Labute approximate surface area is 175 Å². The minimum atomic E-state index is -1.73. The smallest absolute Gasteiger partial charge is 0.229 e. The molecule has 0 bridgehead atoms. The van der Waals surface area contributed by atoms with E-state index in [0.717, 1.165) is 25.7 Å². The monoisotopic (exact) mass is 429 g/mol. The summed E-state index contributed by atoms with van der Waals surface area (Å²) in [7, 11) is 0. The van der Waals surface area contributed by atoms with Gasteiger partial charge in [0.1, 0.15) is 30.2 Å². The van der Waals surface area contributed by atoms with Gasteiger partial charge in [-0.3, -0.25) is 4.79 Å². The average Bonchev–Trinajstić information content (AvgIpc) is 2.76. The first-order valence-electron chi connectivity index (χ1n) is 10.3. The number of carbonyl (C=O) groups is 1. The second-order valence-electron chi connectivity index (χ2n) is 7.52. The van der Waals surface area contributed by atoms with Gasteiger partial charge in [0.05, 0.1) is 6.61 Å². The molecular weight excluding hydrogens is 397 g/mol. The van der Waals surface area contributed by atoms with Gasteiger partial charge in [-0.1, -0.05) is 31.4 Å². The molecule has 2 rings (SSSR count). The van der Waals surface area contributed by atoms with Gasteiger partial charge in [-0.2, -0.15) is 0 Å². The molecule has 1 aromatic rings. The molecule has 0 aliphatic carbocycles. The molecule has 6 atom stereocenters. The molecule has 9 heteroatoms. The number of ether oxygens (including phenoxy) is 2. The molecule has 0 radical (unpaired) electrons. The van der Waals surface area contributed by atoms with E-state index in [1.807, 2.05) is 0 Å². The normalized spacial score (nSPS) is 27.6. The van der Waals surface area contributed by atoms with Gasteiger partial charge in [0.25, 0.3) is 0 Å². The van der Waals surface area contributed by atoms with E-state index >= 15 is 0 Å². The van der Waals surface area contributed by atoms with Gasteiger partial charge in [0, 0.05) is 6.42 Å². The summed E-state index contributed by atoms with van der Waals surface area (Å²) in [5.74, 6) is -0.265. The van der Waals surface area contributed by atoms with E-state index in [2.05, 4.69) is 0 Å². The summed E-state index contributed by atoms with van der Waals surface area (Å²) >= 11 is 0. The number of halogens is 1. The van der Waals surface area contributed by atoms with Crippen molar-refractivity contribution in [2.75, 3.05) is 13.2 Å². The van der Waals surface area contributed by atoms with Crippen LogP contribution in [0.2, 0.25) is 0 Å². The summed E-state index contributed by atoms with van der Waals surface area (Å²) in [4.78, 5) is 12.1.